The van der Waals surface area contributed by atoms with Gasteiger partial charge < -0.3 is 17.3 Å². The molecule has 1 aliphatic rings. The van der Waals surface area contributed by atoms with Crippen LogP contribution < -0.4 is 12.4 Å². The molecule has 0 unspecified atom stereocenters. The second-order valence-corrected chi connectivity index (χ2v) is 6.52. The Morgan fingerprint density at radius 2 is 1.62 bits per heavy atom. The van der Waals surface area contributed by atoms with Crippen molar-refractivity contribution < 1.29 is 17.2 Å². The van der Waals surface area contributed by atoms with Crippen LogP contribution in [-0.4, -0.2) is 41.9 Å². The molecule has 1 fully saturated rings. The Bertz CT molecular complexity index is 686. The van der Waals surface area contributed by atoms with Gasteiger partial charge in [0.05, 0.1) is 10.6 Å². The molecule has 0 aromatic heterocycles. The van der Waals surface area contributed by atoms with Crippen molar-refractivity contribution in [2.75, 3.05) is 26.2 Å². The highest BCUT2D eigenvalue weighted by Gasteiger charge is 2.23. The van der Waals surface area contributed by atoms with E-state index in [4.69, 9.17) is 23.2 Å². The third kappa shape index (κ3) is 4.64. The van der Waals surface area contributed by atoms with Gasteiger partial charge in [0.2, 0.25) is 0 Å². The number of carbonyl (C=O) groups excluding carboxylic acids is 1. The molecular weight excluding hydrogens is 367 g/mol. The maximum absolute atomic E-state index is 12.6. The van der Waals surface area contributed by atoms with E-state index < -0.39 is 0 Å². The topological polar surface area (TPSA) is 23.6 Å². The fraction of sp³-hybridized carbons (Fsp3) is 0.278. The molecule has 1 amide bonds. The smallest absolute Gasteiger partial charge is 0.255 e. The van der Waals surface area contributed by atoms with Gasteiger partial charge in [0, 0.05) is 37.7 Å². The van der Waals surface area contributed by atoms with Crippen molar-refractivity contribution >= 4 is 29.1 Å². The molecule has 2 aromatic rings. The van der Waals surface area contributed by atoms with Crippen molar-refractivity contribution in [1.82, 2.24) is 9.80 Å². The Labute approximate surface area is 158 Å². The number of hydrogen-bond acceptors (Lipinski definition) is 2. The molecule has 0 N–H and O–H groups in total. The molecule has 0 atom stereocenters. The van der Waals surface area contributed by atoms with Gasteiger partial charge in [-0.15, -0.1) is 0 Å². The minimum atomic E-state index is -0.0222. The van der Waals surface area contributed by atoms with Crippen molar-refractivity contribution in [3.63, 3.8) is 0 Å². The lowest BCUT2D eigenvalue weighted by Crippen LogP contribution is -3.00. The first-order valence-electron chi connectivity index (χ1n) is 7.64. The van der Waals surface area contributed by atoms with Crippen molar-refractivity contribution in [1.29, 1.82) is 0 Å². The second-order valence-electron chi connectivity index (χ2n) is 5.68. The van der Waals surface area contributed by atoms with Crippen LogP contribution in [0.4, 0.5) is 0 Å². The molecule has 1 aliphatic heterocycles. The summed E-state index contributed by atoms with van der Waals surface area (Å²) in [4.78, 5) is 16.8. The maximum atomic E-state index is 12.6. The highest BCUT2D eigenvalue weighted by atomic mass is 35.5. The monoisotopic (exact) mass is 383 g/mol. The van der Waals surface area contributed by atoms with E-state index in [0.717, 1.165) is 19.6 Å². The summed E-state index contributed by atoms with van der Waals surface area (Å²) in [5.41, 5.74) is 1.82. The quantitative estimate of drug-likeness (QED) is 0.787. The first kappa shape index (κ1) is 19.1. The molecular formula is C18H18Cl3N2O-. The zero-order valence-corrected chi connectivity index (χ0v) is 15.4. The summed E-state index contributed by atoms with van der Waals surface area (Å²) in [6, 6.07) is 15.4. The Kier molecular flexibility index (Phi) is 6.93. The molecule has 1 heterocycles. The van der Waals surface area contributed by atoms with Gasteiger partial charge in [0.15, 0.2) is 0 Å². The molecule has 6 heteroatoms. The zero-order valence-electron chi connectivity index (χ0n) is 13.1. The van der Waals surface area contributed by atoms with Gasteiger partial charge in [-0.2, -0.15) is 0 Å². The first-order valence-corrected chi connectivity index (χ1v) is 8.40. The molecule has 2 aromatic carbocycles. The second kappa shape index (κ2) is 8.72. The summed E-state index contributed by atoms with van der Waals surface area (Å²) in [6.45, 7) is 4.08. The summed E-state index contributed by atoms with van der Waals surface area (Å²) < 4.78 is 0. The van der Waals surface area contributed by atoms with Gasteiger partial charge in [-0.3, -0.25) is 9.69 Å². The largest absolute Gasteiger partial charge is 1.00 e. The van der Waals surface area contributed by atoms with Crippen molar-refractivity contribution in [3.05, 3.63) is 69.7 Å². The average molecular weight is 385 g/mol. The summed E-state index contributed by atoms with van der Waals surface area (Å²) in [5, 5.41) is 0.952. The predicted molar refractivity (Wildman–Crippen MR) is 94.1 cm³/mol. The van der Waals surface area contributed by atoms with E-state index in [1.807, 2.05) is 11.0 Å². The highest BCUT2D eigenvalue weighted by molar-refractivity contribution is 6.36. The number of rotatable bonds is 3. The first-order chi connectivity index (χ1) is 11.1. The van der Waals surface area contributed by atoms with Crippen LogP contribution in [0.1, 0.15) is 15.9 Å². The van der Waals surface area contributed by atoms with Crippen molar-refractivity contribution in [3.8, 4) is 0 Å². The number of nitrogens with zero attached hydrogens (tertiary/aromatic N) is 2. The Morgan fingerprint density at radius 1 is 0.958 bits per heavy atom. The third-order valence-electron chi connectivity index (χ3n) is 4.07. The van der Waals surface area contributed by atoms with E-state index in [-0.39, 0.29) is 18.3 Å². The van der Waals surface area contributed by atoms with Crippen LogP contribution in [0.3, 0.4) is 0 Å². The summed E-state index contributed by atoms with van der Waals surface area (Å²) in [6.07, 6.45) is 0. The van der Waals surface area contributed by atoms with Crippen molar-refractivity contribution in [2.24, 2.45) is 0 Å². The SMILES string of the molecule is O=C(c1ccc(Cl)cc1Cl)N1CCN(Cc2ccccc2)CC1.[Cl-]. The molecule has 0 aliphatic carbocycles. The molecule has 3 rings (SSSR count). The maximum Gasteiger partial charge on any atom is 0.255 e. The normalized spacial score (nSPS) is 15.0. The Balaban J connectivity index is 0.00000208. The summed E-state index contributed by atoms with van der Waals surface area (Å²) >= 11 is 12.0. The van der Waals surface area contributed by atoms with E-state index in [0.29, 0.717) is 28.7 Å². The fourth-order valence-corrected chi connectivity index (χ4v) is 3.27. The third-order valence-corrected chi connectivity index (χ3v) is 4.62. The zero-order chi connectivity index (χ0) is 16.2. The van der Waals surface area contributed by atoms with Gasteiger partial charge in [-0.25, -0.2) is 0 Å². The van der Waals surface area contributed by atoms with Crippen molar-refractivity contribution in [2.45, 2.75) is 6.54 Å². The molecule has 0 spiro atoms. The number of benzene rings is 2. The molecule has 24 heavy (non-hydrogen) atoms. The van der Waals surface area contributed by atoms with Crippen LogP contribution in [0.15, 0.2) is 48.5 Å². The summed E-state index contributed by atoms with van der Waals surface area (Å²) in [7, 11) is 0. The molecule has 0 radical (unpaired) electrons. The van der Waals surface area contributed by atoms with Crippen LogP contribution in [-0.2, 0) is 6.54 Å². The van der Waals surface area contributed by atoms with Crippen LogP contribution in [0.5, 0.6) is 0 Å². The van der Waals surface area contributed by atoms with Crippen LogP contribution in [0.25, 0.3) is 0 Å². The Hall–Kier alpha value is -1.26. The van der Waals surface area contributed by atoms with E-state index >= 15 is 0 Å². The highest BCUT2D eigenvalue weighted by Crippen LogP contribution is 2.23. The van der Waals surface area contributed by atoms with E-state index in [9.17, 15) is 4.79 Å². The molecule has 1 saturated heterocycles. The molecule has 0 bridgehead atoms. The minimum absolute atomic E-state index is 0. The number of carbonyl (C=O) groups is 1. The fourth-order valence-electron chi connectivity index (χ4n) is 2.78. The molecule has 0 saturated carbocycles. The number of hydrogen-bond donors (Lipinski definition) is 0. The number of amides is 1. The van der Waals surface area contributed by atoms with Gasteiger partial charge >= 0.3 is 0 Å². The lowest BCUT2D eigenvalue weighted by atomic mass is 10.1. The lowest BCUT2D eigenvalue weighted by Gasteiger charge is -2.35. The van der Waals surface area contributed by atoms with E-state index in [1.54, 1.807) is 18.2 Å². The Morgan fingerprint density at radius 3 is 2.25 bits per heavy atom. The van der Waals surface area contributed by atoms with Gasteiger partial charge in [0.25, 0.3) is 5.91 Å². The van der Waals surface area contributed by atoms with Gasteiger partial charge in [-0.1, -0.05) is 53.5 Å². The van der Waals surface area contributed by atoms with Crippen LogP contribution in [0, 0.1) is 0 Å². The standard InChI is InChI=1S/C18H18Cl2N2O.ClH/c19-15-6-7-16(17(20)12-15)18(23)22-10-8-21(9-11-22)13-14-4-2-1-3-5-14;/h1-7,12H,8-11,13H2;1H/p-1. The number of halogens is 3. The van der Waals surface area contributed by atoms with Gasteiger partial charge in [-0.05, 0) is 23.8 Å². The van der Waals surface area contributed by atoms with E-state index in [1.165, 1.54) is 5.56 Å². The molecule has 3 nitrogen and oxygen atoms in total. The average Bonchev–Trinajstić information content (AvgIpc) is 2.56. The van der Waals surface area contributed by atoms with Crippen LogP contribution >= 0.6 is 23.2 Å². The minimum Gasteiger partial charge on any atom is -1.00 e. The van der Waals surface area contributed by atoms with Gasteiger partial charge in [0.1, 0.15) is 0 Å². The van der Waals surface area contributed by atoms with E-state index in [2.05, 4.69) is 29.2 Å². The van der Waals surface area contributed by atoms with Crippen LogP contribution in [0.2, 0.25) is 10.0 Å². The number of piperazine rings is 1. The molecule has 128 valence electrons. The lowest BCUT2D eigenvalue weighted by molar-refractivity contribution is -0.0000154. The predicted octanol–water partition coefficient (Wildman–Crippen LogP) is 0.955. The summed E-state index contributed by atoms with van der Waals surface area (Å²) in [5.74, 6) is -0.0222.